The number of hydrogen-bond donors (Lipinski definition) is 1. The van der Waals surface area contributed by atoms with E-state index in [4.69, 9.17) is 0 Å². The van der Waals surface area contributed by atoms with Crippen LogP contribution in [0.25, 0.3) is 5.82 Å². The Balaban J connectivity index is 1.76. The molecular formula is C15H18N6S. The summed E-state index contributed by atoms with van der Waals surface area (Å²) in [4.78, 5) is 17.2. The molecule has 7 heteroatoms. The van der Waals surface area contributed by atoms with Crippen LogP contribution < -0.4 is 5.32 Å². The fraction of sp³-hybridized carbons (Fsp3) is 0.333. The van der Waals surface area contributed by atoms with E-state index in [9.17, 15) is 0 Å². The highest BCUT2D eigenvalue weighted by molar-refractivity contribution is 7.09. The van der Waals surface area contributed by atoms with Crippen molar-refractivity contribution in [2.75, 3.05) is 5.32 Å². The van der Waals surface area contributed by atoms with Crippen molar-refractivity contribution in [3.63, 3.8) is 0 Å². The molecule has 0 aliphatic rings. The molecule has 3 aromatic heterocycles. The number of rotatable bonds is 5. The highest BCUT2D eigenvalue weighted by Crippen LogP contribution is 2.24. The molecule has 0 amide bonds. The third kappa shape index (κ3) is 3.14. The lowest BCUT2D eigenvalue weighted by Gasteiger charge is -2.13. The Hall–Kier alpha value is -2.28. The van der Waals surface area contributed by atoms with Gasteiger partial charge in [-0.1, -0.05) is 13.8 Å². The summed E-state index contributed by atoms with van der Waals surface area (Å²) in [6.07, 6.45) is 6.83. The molecule has 114 valence electrons. The first-order chi connectivity index (χ1) is 10.6. The fourth-order valence-corrected chi connectivity index (χ4v) is 2.95. The van der Waals surface area contributed by atoms with Crippen LogP contribution in [0.15, 0.2) is 36.5 Å². The van der Waals surface area contributed by atoms with Gasteiger partial charge in [0, 0.05) is 29.8 Å². The lowest BCUT2D eigenvalue weighted by Crippen LogP contribution is -2.09. The van der Waals surface area contributed by atoms with Gasteiger partial charge in [0.25, 0.3) is 0 Å². The van der Waals surface area contributed by atoms with Gasteiger partial charge in [-0.2, -0.15) is 0 Å². The molecule has 0 aromatic carbocycles. The predicted molar refractivity (Wildman–Crippen MR) is 87.4 cm³/mol. The van der Waals surface area contributed by atoms with E-state index in [1.54, 1.807) is 30.2 Å². The largest absolute Gasteiger partial charge is 0.362 e. The number of nitrogens with one attached hydrogen (secondary N) is 1. The molecule has 1 N–H and O–H groups in total. The molecule has 0 bridgehead atoms. The fourth-order valence-electron chi connectivity index (χ4n) is 2.02. The minimum Gasteiger partial charge on any atom is -0.362 e. The van der Waals surface area contributed by atoms with E-state index in [-0.39, 0.29) is 6.04 Å². The maximum atomic E-state index is 4.68. The molecule has 0 aliphatic carbocycles. The Morgan fingerprint density at radius 2 is 2.09 bits per heavy atom. The summed E-state index contributed by atoms with van der Waals surface area (Å²) >= 11 is 1.70. The van der Waals surface area contributed by atoms with Crippen LogP contribution in [-0.2, 0) is 0 Å². The SMILES string of the molecule is CC(C)c1nc(C(C)Nc2cc(-n3ccnc3)ncn2)cs1. The first-order valence-electron chi connectivity index (χ1n) is 7.15. The van der Waals surface area contributed by atoms with Gasteiger partial charge in [0.15, 0.2) is 0 Å². The summed E-state index contributed by atoms with van der Waals surface area (Å²) < 4.78 is 1.84. The van der Waals surface area contributed by atoms with Crippen molar-refractivity contribution < 1.29 is 0 Å². The molecule has 3 heterocycles. The van der Waals surface area contributed by atoms with Gasteiger partial charge in [0.2, 0.25) is 0 Å². The molecule has 1 atom stereocenters. The molecule has 0 saturated carbocycles. The zero-order valence-electron chi connectivity index (χ0n) is 12.8. The number of nitrogens with zero attached hydrogens (tertiary/aromatic N) is 5. The lowest BCUT2D eigenvalue weighted by atomic mass is 10.2. The van der Waals surface area contributed by atoms with E-state index in [1.165, 1.54) is 0 Å². The predicted octanol–water partition coefficient (Wildman–Crippen LogP) is 3.42. The molecule has 22 heavy (non-hydrogen) atoms. The number of hydrogen-bond acceptors (Lipinski definition) is 6. The quantitative estimate of drug-likeness (QED) is 0.781. The van der Waals surface area contributed by atoms with E-state index in [1.807, 2.05) is 16.8 Å². The summed E-state index contributed by atoms with van der Waals surface area (Å²) in [5.74, 6) is 2.01. The van der Waals surface area contributed by atoms with Crippen LogP contribution in [0, 0.1) is 0 Å². The molecular weight excluding hydrogens is 296 g/mol. The summed E-state index contributed by atoms with van der Waals surface area (Å²) in [6, 6.07) is 1.99. The monoisotopic (exact) mass is 314 g/mol. The second-order valence-corrected chi connectivity index (χ2v) is 6.25. The second kappa shape index (κ2) is 6.23. The van der Waals surface area contributed by atoms with Gasteiger partial charge < -0.3 is 5.32 Å². The molecule has 3 rings (SSSR count). The Labute approximate surface area is 133 Å². The van der Waals surface area contributed by atoms with Crippen molar-refractivity contribution in [3.05, 3.63) is 47.2 Å². The van der Waals surface area contributed by atoms with Crippen LogP contribution >= 0.6 is 11.3 Å². The van der Waals surface area contributed by atoms with Crippen molar-refractivity contribution in [2.45, 2.75) is 32.7 Å². The van der Waals surface area contributed by atoms with E-state index >= 15 is 0 Å². The highest BCUT2D eigenvalue weighted by atomic mass is 32.1. The molecule has 3 aromatic rings. The lowest BCUT2D eigenvalue weighted by molar-refractivity contribution is 0.797. The van der Waals surface area contributed by atoms with Crippen LogP contribution in [0.1, 0.15) is 43.4 Å². The number of anilines is 1. The molecule has 0 saturated heterocycles. The third-order valence-corrected chi connectivity index (χ3v) is 4.43. The highest BCUT2D eigenvalue weighted by Gasteiger charge is 2.12. The Morgan fingerprint density at radius 1 is 1.23 bits per heavy atom. The first kappa shape index (κ1) is 14.6. The summed E-state index contributed by atoms with van der Waals surface area (Å²) in [7, 11) is 0. The van der Waals surface area contributed by atoms with E-state index < -0.39 is 0 Å². The molecule has 0 spiro atoms. The molecule has 0 radical (unpaired) electrons. The standard InChI is InChI=1S/C15H18N6S/c1-10(2)15-20-12(7-22-15)11(3)19-13-6-14(18-8-17-13)21-5-4-16-9-21/h4-11H,1-3H3,(H,17,18,19). The summed E-state index contributed by atoms with van der Waals surface area (Å²) in [6.45, 7) is 6.39. The van der Waals surface area contributed by atoms with Gasteiger partial charge in [-0.15, -0.1) is 11.3 Å². The van der Waals surface area contributed by atoms with E-state index in [2.05, 4.69) is 51.4 Å². The van der Waals surface area contributed by atoms with Gasteiger partial charge in [-0.05, 0) is 6.92 Å². The zero-order chi connectivity index (χ0) is 15.5. The van der Waals surface area contributed by atoms with Crippen molar-refractivity contribution >= 4 is 17.2 Å². The molecule has 6 nitrogen and oxygen atoms in total. The first-order valence-corrected chi connectivity index (χ1v) is 8.03. The van der Waals surface area contributed by atoms with E-state index in [0.29, 0.717) is 5.92 Å². The van der Waals surface area contributed by atoms with E-state index in [0.717, 1.165) is 22.3 Å². The van der Waals surface area contributed by atoms with Gasteiger partial charge >= 0.3 is 0 Å². The van der Waals surface area contributed by atoms with Crippen molar-refractivity contribution in [3.8, 4) is 5.82 Å². The summed E-state index contributed by atoms with van der Waals surface area (Å²) in [5.41, 5.74) is 1.04. The minimum atomic E-state index is 0.0919. The van der Waals surface area contributed by atoms with Gasteiger partial charge in [0.05, 0.1) is 16.7 Å². The van der Waals surface area contributed by atoms with Crippen molar-refractivity contribution in [1.82, 2.24) is 24.5 Å². The Kier molecular flexibility index (Phi) is 4.15. The van der Waals surface area contributed by atoms with Crippen LogP contribution in [-0.4, -0.2) is 24.5 Å². The van der Waals surface area contributed by atoms with Crippen LogP contribution in [0.3, 0.4) is 0 Å². The Bertz CT molecular complexity index is 734. The van der Waals surface area contributed by atoms with Crippen LogP contribution in [0.4, 0.5) is 5.82 Å². The second-order valence-electron chi connectivity index (χ2n) is 5.36. The third-order valence-electron chi connectivity index (χ3n) is 3.26. The molecule has 1 unspecified atom stereocenters. The normalized spacial score (nSPS) is 12.5. The average Bonchev–Trinajstić information content (AvgIpc) is 3.19. The smallest absolute Gasteiger partial charge is 0.143 e. The number of thiazole rings is 1. The molecule has 0 aliphatic heterocycles. The maximum absolute atomic E-state index is 4.68. The maximum Gasteiger partial charge on any atom is 0.143 e. The van der Waals surface area contributed by atoms with Crippen molar-refractivity contribution in [1.29, 1.82) is 0 Å². The van der Waals surface area contributed by atoms with Crippen molar-refractivity contribution in [2.24, 2.45) is 0 Å². The van der Waals surface area contributed by atoms with Gasteiger partial charge in [-0.3, -0.25) is 4.57 Å². The van der Waals surface area contributed by atoms with Gasteiger partial charge in [-0.25, -0.2) is 19.9 Å². The summed E-state index contributed by atoms with van der Waals surface area (Å²) in [5, 5.41) is 6.63. The van der Waals surface area contributed by atoms with Gasteiger partial charge in [0.1, 0.15) is 24.3 Å². The Morgan fingerprint density at radius 3 is 2.77 bits per heavy atom. The van der Waals surface area contributed by atoms with Crippen LogP contribution in [0.5, 0.6) is 0 Å². The number of imidazole rings is 1. The van der Waals surface area contributed by atoms with Crippen LogP contribution in [0.2, 0.25) is 0 Å². The molecule has 0 fully saturated rings. The average molecular weight is 314 g/mol. The minimum absolute atomic E-state index is 0.0919. The number of aromatic nitrogens is 5. The zero-order valence-corrected chi connectivity index (χ0v) is 13.6. The topological polar surface area (TPSA) is 68.5 Å².